The highest BCUT2D eigenvalue weighted by molar-refractivity contribution is 9.10. The minimum absolute atomic E-state index is 0.223. The average Bonchev–Trinajstić information content (AvgIpc) is 2.26. The Morgan fingerprint density at radius 1 is 1.35 bits per heavy atom. The van der Waals surface area contributed by atoms with Crippen molar-refractivity contribution in [1.29, 1.82) is 0 Å². The molecule has 0 saturated carbocycles. The third-order valence-electron chi connectivity index (χ3n) is 2.77. The summed E-state index contributed by atoms with van der Waals surface area (Å²) in [6.45, 7) is 6.58. The molecule has 3 heteroatoms. The van der Waals surface area contributed by atoms with Gasteiger partial charge in [-0.1, -0.05) is 26.3 Å². The van der Waals surface area contributed by atoms with Crippen molar-refractivity contribution in [3.05, 3.63) is 28.2 Å². The molecule has 2 unspecified atom stereocenters. The Hall–Kier alpha value is 0.01000. The van der Waals surface area contributed by atoms with E-state index in [1.54, 1.807) is 0 Å². The van der Waals surface area contributed by atoms with Gasteiger partial charge in [-0.3, -0.25) is 0 Å². The molecule has 0 aliphatic rings. The van der Waals surface area contributed by atoms with Crippen LogP contribution in [-0.4, -0.2) is 11.8 Å². The van der Waals surface area contributed by atoms with Gasteiger partial charge >= 0.3 is 0 Å². The van der Waals surface area contributed by atoms with E-state index in [9.17, 15) is 0 Å². The van der Waals surface area contributed by atoms with E-state index in [-0.39, 0.29) is 6.04 Å². The van der Waals surface area contributed by atoms with Crippen molar-refractivity contribution in [3.63, 3.8) is 0 Å². The molecule has 96 valence electrons. The number of benzene rings is 1. The Labute approximate surface area is 118 Å². The van der Waals surface area contributed by atoms with E-state index in [1.165, 1.54) is 27.1 Å². The molecule has 1 rings (SSSR count). The number of rotatable bonds is 6. The Bertz CT molecular complexity index is 352. The van der Waals surface area contributed by atoms with E-state index < -0.39 is 0 Å². The molecule has 1 aromatic rings. The first-order chi connectivity index (χ1) is 8.02. The van der Waals surface area contributed by atoms with Gasteiger partial charge in [0.05, 0.1) is 0 Å². The second-order valence-corrected chi connectivity index (χ2v) is 6.69. The summed E-state index contributed by atoms with van der Waals surface area (Å²) in [5.41, 5.74) is 7.11. The Morgan fingerprint density at radius 2 is 2.06 bits per heavy atom. The lowest BCUT2D eigenvalue weighted by atomic mass is 10.1. The van der Waals surface area contributed by atoms with Gasteiger partial charge < -0.3 is 5.73 Å². The van der Waals surface area contributed by atoms with Crippen LogP contribution in [0, 0.1) is 5.92 Å². The van der Waals surface area contributed by atoms with Crippen LogP contribution in [0.25, 0.3) is 0 Å². The fraction of sp³-hybridized carbons (Fsp3) is 0.571. The molecule has 0 bridgehead atoms. The molecular weight excluding hydrogens is 294 g/mol. The average molecular weight is 316 g/mol. The van der Waals surface area contributed by atoms with Crippen molar-refractivity contribution >= 4 is 27.7 Å². The molecule has 1 nitrogen and oxygen atoms in total. The van der Waals surface area contributed by atoms with Crippen LogP contribution in [0.4, 0.5) is 0 Å². The van der Waals surface area contributed by atoms with Gasteiger partial charge in [0.2, 0.25) is 0 Å². The molecule has 0 aliphatic carbocycles. The van der Waals surface area contributed by atoms with E-state index in [1.807, 2.05) is 18.7 Å². The maximum absolute atomic E-state index is 5.81. The van der Waals surface area contributed by atoms with Crippen molar-refractivity contribution in [2.24, 2.45) is 11.7 Å². The summed E-state index contributed by atoms with van der Waals surface area (Å²) in [7, 11) is 0. The molecule has 0 fully saturated rings. The van der Waals surface area contributed by atoms with Gasteiger partial charge in [-0.15, -0.1) is 11.8 Å². The van der Waals surface area contributed by atoms with E-state index >= 15 is 0 Å². The second kappa shape index (κ2) is 7.45. The lowest BCUT2D eigenvalue weighted by molar-refractivity contribution is 0.637. The van der Waals surface area contributed by atoms with Crippen molar-refractivity contribution in [2.45, 2.75) is 44.6 Å². The maximum atomic E-state index is 5.81. The van der Waals surface area contributed by atoms with Gasteiger partial charge in [-0.2, -0.15) is 0 Å². The minimum atomic E-state index is 0.223. The van der Waals surface area contributed by atoms with Crippen LogP contribution in [0.2, 0.25) is 0 Å². The third-order valence-corrected chi connectivity index (χ3v) is 5.10. The molecule has 1 aromatic carbocycles. The smallest absolute Gasteiger partial charge is 0.0313 e. The second-order valence-electron chi connectivity index (χ2n) is 4.77. The number of hydrogen-bond acceptors (Lipinski definition) is 2. The third kappa shape index (κ3) is 5.45. The van der Waals surface area contributed by atoms with Crippen LogP contribution in [0.3, 0.4) is 0 Å². The summed E-state index contributed by atoms with van der Waals surface area (Å²) in [5, 5.41) is 0. The summed E-state index contributed by atoms with van der Waals surface area (Å²) in [5.74, 6) is 1.96. The Kier molecular flexibility index (Phi) is 6.60. The zero-order valence-electron chi connectivity index (χ0n) is 10.9. The normalized spacial score (nSPS) is 14.6. The van der Waals surface area contributed by atoms with E-state index in [0.29, 0.717) is 0 Å². The van der Waals surface area contributed by atoms with E-state index in [0.717, 1.165) is 12.3 Å². The quantitative estimate of drug-likeness (QED) is 0.783. The molecule has 0 heterocycles. The summed E-state index contributed by atoms with van der Waals surface area (Å²) in [6.07, 6.45) is 2.18. The van der Waals surface area contributed by atoms with Gasteiger partial charge in [0.25, 0.3) is 0 Å². The lowest BCUT2D eigenvalue weighted by Crippen LogP contribution is -2.17. The predicted octanol–water partition coefficient (Wildman–Crippen LogP) is 4.48. The summed E-state index contributed by atoms with van der Waals surface area (Å²) in [6, 6.07) is 6.81. The highest BCUT2D eigenvalue weighted by Crippen LogP contribution is 2.30. The van der Waals surface area contributed by atoms with Crippen LogP contribution in [0.1, 0.15) is 32.8 Å². The van der Waals surface area contributed by atoms with Crippen molar-refractivity contribution in [3.8, 4) is 0 Å². The summed E-state index contributed by atoms with van der Waals surface area (Å²) < 4.78 is 1.20. The van der Waals surface area contributed by atoms with Crippen LogP contribution >= 0.6 is 27.7 Å². The fourth-order valence-corrected chi connectivity index (χ4v) is 3.34. The maximum Gasteiger partial charge on any atom is 0.0313 e. The van der Waals surface area contributed by atoms with Crippen LogP contribution < -0.4 is 5.73 Å². The van der Waals surface area contributed by atoms with E-state index in [4.69, 9.17) is 5.73 Å². The number of thioether (sulfide) groups is 1. The van der Waals surface area contributed by atoms with Gasteiger partial charge in [0.1, 0.15) is 0 Å². The summed E-state index contributed by atoms with van der Waals surface area (Å²) >= 11 is 5.58. The van der Waals surface area contributed by atoms with Crippen LogP contribution in [0.15, 0.2) is 27.6 Å². The molecular formula is C14H22BrNS. The molecule has 0 amide bonds. The van der Waals surface area contributed by atoms with Gasteiger partial charge in [-0.05, 0) is 52.9 Å². The van der Waals surface area contributed by atoms with Crippen molar-refractivity contribution in [2.75, 3.05) is 5.75 Å². The fourth-order valence-electron chi connectivity index (χ4n) is 1.51. The number of nitrogens with two attached hydrogens (primary N) is 1. The molecule has 0 aromatic heterocycles. The van der Waals surface area contributed by atoms with Crippen LogP contribution in [0.5, 0.6) is 0 Å². The topological polar surface area (TPSA) is 26.0 Å². The first-order valence-electron chi connectivity index (χ1n) is 6.19. The summed E-state index contributed by atoms with van der Waals surface area (Å²) in [4.78, 5) is 1.33. The first kappa shape index (κ1) is 15.1. The highest BCUT2D eigenvalue weighted by Gasteiger charge is 2.06. The van der Waals surface area contributed by atoms with Gasteiger partial charge in [0.15, 0.2) is 0 Å². The Morgan fingerprint density at radius 3 is 2.59 bits per heavy atom. The molecule has 0 spiro atoms. The van der Waals surface area contributed by atoms with Crippen molar-refractivity contribution < 1.29 is 0 Å². The molecule has 2 atom stereocenters. The Balaban J connectivity index is 2.63. The van der Waals surface area contributed by atoms with Gasteiger partial charge in [0, 0.05) is 21.2 Å². The number of hydrogen-bond donors (Lipinski definition) is 1. The molecule has 0 saturated heterocycles. The van der Waals surface area contributed by atoms with Crippen LogP contribution in [-0.2, 0) is 6.42 Å². The molecule has 0 aliphatic heterocycles. The van der Waals surface area contributed by atoms with Gasteiger partial charge in [-0.25, -0.2) is 0 Å². The molecule has 2 N–H and O–H groups in total. The SMILES string of the molecule is CCC(C)CSc1ccc(CC(C)N)cc1Br. The van der Waals surface area contributed by atoms with E-state index in [2.05, 4.69) is 48.0 Å². The largest absolute Gasteiger partial charge is 0.328 e. The zero-order valence-corrected chi connectivity index (χ0v) is 13.3. The van der Waals surface area contributed by atoms with Crippen molar-refractivity contribution in [1.82, 2.24) is 0 Å². The number of halogens is 1. The minimum Gasteiger partial charge on any atom is -0.328 e. The zero-order chi connectivity index (χ0) is 12.8. The molecule has 0 radical (unpaired) electrons. The molecule has 17 heavy (non-hydrogen) atoms. The first-order valence-corrected chi connectivity index (χ1v) is 7.97. The standard InChI is InChI=1S/C14H22BrNS/c1-4-10(2)9-17-14-6-5-12(7-11(3)16)8-13(14)15/h5-6,8,10-11H,4,7,9,16H2,1-3H3. The predicted molar refractivity (Wildman–Crippen MR) is 81.7 cm³/mol. The highest BCUT2D eigenvalue weighted by atomic mass is 79.9. The monoisotopic (exact) mass is 315 g/mol. The lowest BCUT2D eigenvalue weighted by Gasteiger charge is -2.11.